The zero-order valence-corrected chi connectivity index (χ0v) is 11.0. The number of alkyl halides is 4. The zero-order chi connectivity index (χ0) is 16.0. The molecule has 0 spiro atoms. The van der Waals surface area contributed by atoms with E-state index in [9.17, 15) is 27.2 Å². The van der Waals surface area contributed by atoms with E-state index in [1.165, 1.54) is 0 Å². The molecule has 0 aliphatic rings. The van der Waals surface area contributed by atoms with Gasteiger partial charge in [0.25, 0.3) is 5.56 Å². The summed E-state index contributed by atoms with van der Waals surface area (Å²) in [5.41, 5.74) is -0.137. The van der Waals surface area contributed by atoms with Crippen LogP contribution in [0.5, 0.6) is 0 Å². The summed E-state index contributed by atoms with van der Waals surface area (Å²) in [6.07, 6.45) is -3.86. The van der Waals surface area contributed by atoms with Crippen LogP contribution in [0.15, 0.2) is 10.9 Å². The largest absolute Gasteiger partial charge is 0.365 e. The number of amides is 1. The highest BCUT2D eigenvalue weighted by molar-refractivity contribution is 5.77. The molecule has 118 valence electrons. The molecule has 1 heterocycles. The number of halogens is 4. The van der Waals surface area contributed by atoms with Gasteiger partial charge in [-0.15, -0.1) is 0 Å². The lowest BCUT2D eigenvalue weighted by molar-refractivity contribution is -0.168. The van der Waals surface area contributed by atoms with Gasteiger partial charge in [0, 0.05) is 6.07 Å². The third-order valence-electron chi connectivity index (χ3n) is 2.23. The molecule has 1 aromatic heterocycles. The molecule has 0 saturated carbocycles. The van der Waals surface area contributed by atoms with Gasteiger partial charge in [-0.1, -0.05) is 0 Å². The summed E-state index contributed by atoms with van der Waals surface area (Å²) >= 11 is 0. The Labute approximate surface area is 116 Å². The minimum Gasteiger partial charge on any atom is -0.365 e. The monoisotopic (exact) mass is 311 g/mol. The molecule has 1 aromatic rings. The fourth-order valence-electron chi connectivity index (χ4n) is 1.31. The molecule has 2 N–H and O–H groups in total. The highest BCUT2D eigenvalue weighted by atomic mass is 19.3. The van der Waals surface area contributed by atoms with Gasteiger partial charge in [-0.3, -0.25) is 9.59 Å². The molecule has 10 heteroatoms. The lowest BCUT2D eigenvalue weighted by Crippen LogP contribution is -2.35. The van der Waals surface area contributed by atoms with Crippen molar-refractivity contribution in [2.45, 2.75) is 25.8 Å². The first-order valence-electron chi connectivity index (χ1n) is 5.78. The van der Waals surface area contributed by atoms with E-state index in [1.54, 1.807) is 6.92 Å². The zero-order valence-electron chi connectivity index (χ0n) is 11.0. The fourth-order valence-corrected chi connectivity index (χ4v) is 1.31. The maximum absolute atomic E-state index is 12.5. The molecular weight excluding hydrogens is 298 g/mol. The third kappa shape index (κ3) is 5.90. The number of ether oxygens (including phenoxy) is 1. The van der Waals surface area contributed by atoms with Gasteiger partial charge in [-0.05, 0) is 6.92 Å². The maximum Gasteiger partial charge on any atom is 0.330 e. The molecule has 1 rings (SSSR count). The van der Waals surface area contributed by atoms with Crippen molar-refractivity contribution in [3.8, 4) is 0 Å². The van der Waals surface area contributed by atoms with E-state index in [0.717, 1.165) is 6.07 Å². The number of rotatable bonds is 7. The molecule has 0 saturated heterocycles. The van der Waals surface area contributed by atoms with Crippen LogP contribution in [0.25, 0.3) is 0 Å². The van der Waals surface area contributed by atoms with Gasteiger partial charge < -0.3 is 15.0 Å². The smallest absolute Gasteiger partial charge is 0.330 e. The molecule has 6 nitrogen and oxygen atoms in total. The Morgan fingerprint density at radius 2 is 2.19 bits per heavy atom. The second-order valence-electron chi connectivity index (χ2n) is 4.15. The molecule has 0 atom stereocenters. The van der Waals surface area contributed by atoms with Crippen molar-refractivity contribution in [3.63, 3.8) is 0 Å². The summed E-state index contributed by atoms with van der Waals surface area (Å²) < 4.78 is 52.8. The molecule has 0 radical (unpaired) electrons. The second kappa shape index (κ2) is 7.16. The summed E-state index contributed by atoms with van der Waals surface area (Å²) in [5, 5.41) is 2.26. The normalized spacial score (nSPS) is 11.7. The van der Waals surface area contributed by atoms with E-state index in [1.807, 2.05) is 0 Å². The van der Waals surface area contributed by atoms with Gasteiger partial charge in [0.15, 0.2) is 0 Å². The van der Waals surface area contributed by atoms with Gasteiger partial charge in [0.2, 0.25) is 5.91 Å². The number of aromatic amines is 1. The van der Waals surface area contributed by atoms with Crippen LogP contribution in [0, 0.1) is 6.92 Å². The van der Waals surface area contributed by atoms with E-state index in [-0.39, 0.29) is 12.2 Å². The van der Waals surface area contributed by atoms with E-state index in [0.29, 0.717) is 5.82 Å². The van der Waals surface area contributed by atoms with E-state index in [4.69, 9.17) is 0 Å². The number of nitrogens with zero attached hydrogens (tertiary/aromatic N) is 1. The number of hydrogen-bond donors (Lipinski definition) is 2. The van der Waals surface area contributed by atoms with Crippen LogP contribution in [-0.4, -0.2) is 41.4 Å². The Morgan fingerprint density at radius 1 is 1.52 bits per heavy atom. The van der Waals surface area contributed by atoms with E-state index in [2.05, 4.69) is 20.0 Å². The van der Waals surface area contributed by atoms with Crippen LogP contribution in [0.4, 0.5) is 17.6 Å². The Hall–Kier alpha value is -1.97. The second-order valence-corrected chi connectivity index (χ2v) is 4.15. The molecule has 0 bridgehead atoms. The summed E-state index contributed by atoms with van der Waals surface area (Å²) in [6, 6.07) is 1.15. The van der Waals surface area contributed by atoms with E-state index < -0.39 is 37.0 Å². The lowest BCUT2D eigenvalue weighted by Gasteiger charge is -2.14. The van der Waals surface area contributed by atoms with Crippen LogP contribution in [-0.2, 0) is 16.1 Å². The molecule has 21 heavy (non-hydrogen) atoms. The Bertz CT molecular complexity index is 548. The number of carbonyl (C=O) groups is 1. The molecule has 0 aliphatic heterocycles. The first kappa shape index (κ1) is 17.1. The minimum atomic E-state index is -4.30. The van der Waals surface area contributed by atoms with Gasteiger partial charge in [0.05, 0.1) is 12.2 Å². The van der Waals surface area contributed by atoms with Crippen LogP contribution in [0.1, 0.15) is 11.5 Å². The highest BCUT2D eigenvalue weighted by Crippen LogP contribution is 2.22. The first-order valence-corrected chi connectivity index (χ1v) is 5.78. The molecule has 0 aromatic carbocycles. The van der Waals surface area contributed by atoms with Crippen LogP contribution >= 0.6 is 0 Å². The van der Waals surface area contributed by atoms with Crippen LogP contribution in [0.3, 0.4) is 0 Å². The van der Waals surface area contributed by atoms with Crippen molar-refractivity contribution in [2.24, 2.45) is 0 Å². The van der Waals surface area contributed by atoms with Crippen molar-refractivity contribution in [1.29, 1.82) is 0 Å². The summed E-state index contributed by atoms with van der Waals surface area (Å²) in [6.45, 7) is -0.925. The summed E-state index contributed by atoms with van der Waals surface area (Å²) in [7, 11) is 0. The van der Waals surface area contributed by atoms with E-state index >= 15 is 0 Å². The van der Waals surface area contributed by atoms with Crippen LogP contribution in [0.2, 0.25) is 0 Å². The van der Waals surface area contributed by atoms with Crippen molar-refractivity contribution < 1.29 is 27.1 Å². The standard InChI is InChI=1S/C11H13F4N3O3/c1-6-17-7(2-8(19)18-6)3-16-9(20)4-21-5-11(14,15)10(12)13/h2,10H,3-5H2,1H3,(H,16,20)(H,17,18,19). The average Bonchev–Trinajstić information content (AvgIpc) is 2.35. The predicted octanol–water partition coefficient (Wildman–Crippen LogP) is 0.612. The van der Waals surface area contributed by atoms with Crippen molar-refractivity contribution in [3.05, 3.63) is 27.9 Å². The molecule has 1 amide bonds. The molecule has 0 aliphatic carbocycles. The first-order chi connectivity index (χ1) is 9.70. The SMILES string of the molecule is Cc1nc(CNC(=O)COCC(F)(F)C(F)F)cc(=O)[nH]1. The lowest BCUT2D eigenvalue weighted by atomic mass is 10.4. The van der Waals surface area contributed by atoms with Gasteiger partial charge in [-0.2, -0.15) is 8.78 Å². The van der Waals surface area contributed by atoms with Crippen molar-refractivity contribution >= 4 is 5.91 Å². The summed E-state index contributed by atoms with van der Waals surface area (Å²) in [5.74, 6) is -4.74. The predicted molar refractivity (Wildman–Crippen MR) is 63.2 cm³/mol. The average molecular weight is 311 g/mol. The Morgan fingerprint density at radius 3 is 2.76 bits per heavy atom. The number of hydrogen-bond acceptors (Lipinski definition) is 4. The summed E-state index contributed by atoms with van der Waals surface area (Å²) in [4.78, 5) is 28.7. The topological polar surface area (TPSA) is 84.1 Å². The minimum absolute atomic E-state index is 0.113. The van der Waals surface area contributed by atoms with Crippen molar-refractivity contribution in [1.82, 2.24) is 15.3 Å². The molecular formula is C11H13F4N3O3. The highest BCUT2D eigenvalue weighted by Gasteiger charge is 2.41. The Balaban J connectivity index is 2.36. The number of H-pyrrole nitrogens is 1. The number of carbonyl (C=O) groups excluding carboxylic acids is 1. The van der Waals surface area contributed by atoms with Gasteiger partial charge in [0.1, 0.15) is 19.0 Å². The number of nitrogens with one attached hydrogen (secondary N) is 2. The maximum atomic E-state index is 12.5. The third-order valence-corrected chi connectivity index (χ3v) is 2.23. The van der Waals surface area contributed by atoms with Crippen molar-refractivity contribution in [2.75, 3.05) is 13.2 Å². The fraction of sp³-hybridized carbons (Fsp3) is 0.545. The van der Waals surface area contributed by atoms with Crippen LogP contribution < -0.4 is 10.9 Å². The Kier molecular flexibility index (Phi) is 5.82. The van der Waals surface area contributed by atoms with Gasteiger partial charge >= 0.3 is 12.3 Å². The quantitative estimate of drug-likeness (QED) is 0.723. The van der Waals surface area contributed by atoms with Gasteiger partial charge in [-0.25, -0.2) is 13.8 Å². The number of aromatic nitrogens is 2. The molecule has 0 fully saturated rings. The number of aryl methyl sites for hydroxylation is 1. The molecule has 0 unspecified atom stereocenters.